The summed E-state index contributed by atoms with van der Waals surface area (Å²) in [5.41, 5.74) is 6.38. The number of thioether (sulfide) groups is 1. The minimum Gasteiger partial charge on any atom is -0.397 e. The van der Waals surface area contributed by atoms with Crippen LogP contribution in [0.25, 0.3) is 0 Å². The Labute approximate surface area is 130 Å². The van der Waals surface area contributed by atoms with Crippen LogP contribution in [0.15, 0.2) is 18.2 Å². The van der Waals surface area contributed by atoms with Gasteiger partial charge in [0.05, 0.1) is 17.4 Å². The van der Waals surface area contributed by atoms with Gasteiger partial charge < -0.3 is 11.1 Å². The van der Waals surface area contributed by atoms with Crippen molar-refractivity contribution in [3.63, 3.8) is 0 Å². The van der Waals surface area contributed by atoms with Crippen molar-refractivity contribution < 1.29 is 9.18 Å². The molecule has 0 fully saturated rings. The normalized spacial score (nSPS) is 14.0. The van der Waals surface area contributed by atoms with Crippen molar-refractivity contribution in [3.8, 4) is 0 Å². The van der Waals surface area contributed by atoms with Crippen LogP contribution in [0.5, 0.6) is 0 Å². The molecule has 6 heteroatoms. The Kier molecular flexibility index (Phi) is 6.98. The van der Waals surface area contributed by atoms with Gasteiger partial charge in [0.15, 0.2) is 0 Å². The average molecular weight is 313 g/mol. The summed E-state index contributed by atoms with van der Waals surface area (Å²) < 4.78 is 13.0. The summed E-state index contributed by atoms with van der Waals surface area (Å²) in [4.78, 5) is 14.4. The number of nitrogen functional groups attached to an aromatic ring is 1. The number of likely N-dealkylation sites (N-methyl/N-ethyl adjacent to an activating group) is 1. The summed E-state index contributed by atoms with van der Waals surface area (Å²) in [6.45, 7) is 3.97. The lowest BCUT2D eigenvalue weighted by Crippen LogP contribution is -2.46. The molecule has 0 aliphatic carbocycles. The Morgan fingerprint density at radius 3 is 2.71 bits per heavy atom. The summed E-state index contributed by atoms with van der Waals surface area (Å²) >= 11 is 1.76. The number of nitrogens with one attached hydrogen (secondary N) is 1. The molecule has 0 radical (unpaired) electrons. The molecule has 21 heavy (non-hydrogen) atoms. The number of hydrogen-bond acceptors (Lipinski definition) is 4. The van der Waals surface area contributed by atoms with Crippen LogP contribution in [0, 0.1) is 5.82 Å². The van der Waals surface area contributed by atoms with E-state index in [0.29, 0.717) is 11.7 Å². The molecule has 0 spiro atoms. The number of nitrogens with two attached hydrogens (primary N) is 1. The van der Waals surface area contributed by atoms with Gasteiger partial charge in [-0.25, -0.2) is 4.39 Å². The molecule has 1 aromatic rings. The third-order valence-corrected chi connectivity index (χ3v) is 4.39. The van der Waals surface area contributed by atoms with E-state index in [0.717, 1.165) is 12.2 Å². The van der Waals surface area contributed by atoms with E-state index in [9.17, 15) is 9.18 Å². The molecule has 0 aromatic heterocycles. The topological polar surface area (TPSA) is 58.4 Å². The van der Waals surface area contributed by atoms with Gasteiger partial charge in [0.2, 0.25) is 5.91 Å². The van der Waals surface area contributed by atoms with E-state index in [2.05, 4.69) is 23.4 Å². The highest BCUT2D eigenvalue weighted by atomic mass is 32.2. The summed E-state index contributed by atoms with van der Waals surface area (Å²) in [5, 5.41) is 2.76. The summed E-state index contributed by atoms with van der Waals surface area (Å²) in [5.74, 6) is 0.417. The molecule has 1 aromatic carbocycles. The number of halogens is 1. The number of nitrogens with zero attached hydrogens (tertiary/aromatic N) is 1. The van der Waals surface area contributed by atoms with Gasteiger partial charge in [-0.05, 0) is 44.8 Å². The largest absolute Gasteiger partial charge is 0.397 e. The average Bonchev–Trinajstić information content (AvgIpc) is 2.46. The summed E-state index contributed by atoms with van der Waals surface area (Å²) in [6, 6.07) is 4.02. The van der Waals surface area contributed by atoms with E-state index < -0.39 is 5.82 Å². The van der Waals surface area contributed by atoms with Crippen molar-refractivity contribution in [1.29, 1.82) is 0 Å². The van der Waals surface area contributed by atoms with Crippen LogP contribution in [0.1, 0.15) is 20.3 Å². The fourth-order valence-corrected chi connectivity index (χ4v) is 2.96. The van der Waals surface area contributed by atoms with E-state index >= 15 is 0 Å². The lowest BCUT2D eigenvalue weighted by atomic mass is 10.1. The van der Waals surface area contributed by atoms with E-state index in [1.54, 1.807) is 11.8 Å². The SMILES string of the molecule is CCC(CSC)N(C)C(C)C(=O)Nc1ccc(F)cc1N. The third kappa shape index (κ3) is 4.89. The van der Waals surface area contributed by atoms with E-state index in [1.165, 1.54) is 18.2 Å². The fraction of sp³-hybridized carbons (Fsp3) is 0.533. The predicted molar refractivity (Wildman–Crippen MR) is 89.1 cm³/mol. The smallest absolute Gasteiger partial charge is 0.241 e. The van der Waals surface area contributed by atoms with Crippen LogP contribution < -0.4 is 11.1 Å². The second-order valence-electron chi connectivity index (χ2n) is 5.08. The molecule has 2 atom stereocenters. The van der Waals surface area contributed by atoms with Gasteiger partial charge in [0.1, 0.15) is 5.82 Å². The Morgan fingerprint density at radius 1 is 1.52 bits per heavy atom. The molecular weight excluding hydrogens is 289 g/mol. The first-order chi connectivity index (χ1) is 9.90. The maximum absolute atomic E-state index is 13.0. The van der Waals surface area contributed by atoms with Gasteiger partial charge in [-0.2, -0.15) is 11.8 Å². The second kappa shape index (κ2) is 8.24. The highest BCUT2D eigenvalue weighted by Crippen LogP contribution is 2.20. The van der Waals surface area contributed by atoms with E-state index in [4.69, 9.17) is 5.73 Å². The minimum absolute atomic E-state index is 0.143. The number of anilines is 2. The molecule has 3 N–H and O–H groups in total. The Bertz CT molecular complexity index is 484. The molecule has 0 saturated heterocycles. The van der Waals surface area contributed by atoms with Crippen LogP contribution >= 0.6 is 11.8 Å². The molecule has 0 aliphatic heterocycles. The monoisotopic (exact) mass is 313 g/mol. The molecule has 118 valence electrons. The number of amides is 1. The van der Waals surface area contributed by atoms with Gasteiger partial charge in [0.25, 0.3) is 0 Å². The van der Waals surface area contributed by atoms with E-state index in [1.807, 2.05) is 14.0 Å². The van der Waals surface area contributed by atoms with Gasteiger partial charge >= 0.3 is 0 Å². The third-order valence-electron chi connectivity index (χ3n) is 3.67. The van der Waals surface area contributed by atoms with Crippen LogP contribution in [-0.2, 0) is 4.79 Å². The van der Waals surface area contributed by atoms with Gasteiger partial charge in [0, 0.05) is 11.8 Å². The molecule has 1 rings (SSSR count). The number of hydrogen-bond donors (Lipinski definition) is 2. The number of carbonyl (C=O) groups excluding carboxylic acids is 1. The molecular formula is C15H24FN3OS. The van der Waals surface area contributed by atoms with Crippen LogP contribution in [0.3, 0.4) is 0 Å². The lowest BCUT2D eigenvalue weighted by molar-refractivity contribution is -0.120. The van der Waals surface area contributed by atoms with Crippen LogP contribution in [-0.4, -0.2) is 41.9 Å². The Hall–Kier alpha value is -1.27. The lowest BCUT2D eigenvalue weighted by Gasteiger charge is -2.31. The van der Waals surface area contributed by atoms with Crippen molar-refractivity contribution in [3.05, 3.63) is 24.0 Å². The molecule has 0 heterocycles. The Morgan fingerprint density at radius 2 is 2.19 bits per heavy atom. The van der Waals surface area contributed by atoms with Crippen molar-refractivity contribution in [2.45, 2.75) is 32.4 Å². The van der Waals surface area contributed by atoms with Gasteiger partial charge in [-0.1, -0.05) is 6.92 Å². The molecule has 1 amide bonds. The number of carbonyl (C=O) groups is 1. The zero-order chi connectivity index (χ0) is 16.0. The number of rotatable bonds is 7. The Balaban J connectivity index is 2.73. The molecule has 2 unspecified atom stereocenters. The fourth-order valence-electron chi connectivity index (χ4n) is 2.10. The van der Waals surface area contributed by atoms with Gasteiger partial charge in [-0.3, -0.25) is 9.69 Å². The van der Waals surface area contributed by atoms with Crippen molar-refractivity contribution in [1.82, 2.24) is 4.90 Å². The van der Waals surface area contributed by atoms with Crippen LogP contribution in [0.4, 0.5) is 15.8 Å². The summed E-state index contributed by atoms with van der Waals surface area (Å²) in [7, 11) is 1.95. The molecule has 0 aliphatic rings. The maximum Gasteiger partial charge on any atom is 0.241 e. The zero-order valence-corrected chi connectivity index (χ0v) is 13.8. The first-order valence-electron chi connectivity index (χ1n) is 6.97. The van der Waals surface area contributed by atoms with Crippen molar-refractivity contribution in [2.24, 2.45) is 0 Å². The molecule has 4 nitrogen and oxygen atoms in total. The first-order valence-corrected chi connectivity index (χ1v) is 8.36. The number of benzene rings is 1. The van der Waals surface area contributed by atoms with Crippen molar-refractivity contribution in [2.75, 3.05) is 30.1 Å². The maximum atomic E-state index is 13.0. The highest BCUT2D eigenvalue weighted by Gasteiger charge is 2.24. The highest BCUT2D eigenvalue weighted by molar-refractivity contribution is 7.98. The first kappa shape index (κ1) is 17.8. The quantitative estimate of drug-likeness (QED) is 0.760. The van der Waals surface area contributed by atoms with Crippen LogP contribution in [0.2, 0.25) is 0 Å². The minimum atomic E-state index is -0.415. The zero-order valence-electron chi connectivity index (χ0n) is 13.0. The van der Waals surface area contributed by atoms with Gasteiger partial charge in [-0.15, -0.1) is 0 Å². The summed E-state index contributed by atoms with van der Waals surface area (Å²) in [6.07, 6.45) is 3.04. The second-order valence-corrected chi connectivity index (χ2v) is 5.99. The van der Waals surface area contributed by atoms with E-state index in [-0.39, 0.29) is 17.6 Å². The van der Waals surface area contributed by atoms with Crippen molar-refractivity contribution >= 4 is 29.0 Å². The molecule has 0 bridgehead atoms. The predicted octanol–water partition coefficient (Wildman–Crippen LogP) is 2.81. The standard InChI is InChI=1S/C15H24FN3OS/c1-5-12(9-21-4)19(3)10(2)15(20)18-14-7-6-11(16)8-13(14)17/h6-8,10,12H,5,9,17H2,1-4H3,(H,18,20). The molecule has 0 saturated carbocycles.